The minimum atomic E-state index is -0.385. The standard InChI is InChI=1S/C16H12ClFN2O2/c1-22-15-5-3-12(18)6-10(15)8-20-9-19-14-7-11(17)2-4-13(14)16(20)21/h2-7,9H,8H2,1H3. The van der Waals surface area contributed by atoms with E-state index in [1.54, 1.807) is 18.2 Å². The van der Waals surface area contributed by atoms with Crippen LogP contribution < -0.4 is 10.3 Å². The number of halogens is 2. The Kier molecular flexibility index (Phi) is 3.81. The molecule has 0 saturated carbocycles. The first-order valence-electron chi connectivity index (χ1n) is 6.55. The highest BCUT2D eigenvalue weighted by Gasteiger charge is 2.09. The molecule has 0 saturated heterocycles. The number of fused-ring (bicyclic) bond motifs is 1. The van der Waals surface area contributed by atoms with Crippen molar-refractivity contribution in [3.05, 3.63) is 69.5 Å². The number of ether oxygens (including phenoxy) is 1. The first-order chi connectivity index (χ1) is 10.6. The van der Waals surface area contributed by atoms with Gasteiger partial charge in [0.05, 0.1) is 30.9 Å². The van der Waals surface area contributed by atoms with E-state index >= 15 is 0 Å². The van der Waals surface area contributed by atoms with E-state index < -0.39 is 0 Å². The number of hydrogen-bond acceptors (Lipinski definition) is 3. The minimum absolute atomic E-state index is 0.172. The SMILES string of the molecule is COc1ccc(F)cc1Cn1cnc2cc(Cl)ccc2c1=O. The molecule has 0 spiro atoms. The monoisotopic (exact) mass is 318 g/mol. The van der Waals surface area contributed by atoms with E-state index in [9.17, 15) is 9.18 Å². The second-order valence-electron chi connectivity index (χ2n) is 4.80. The molecule has 0 atom stereocenters. The molecule has 6 heteroatoms. The van der Waals surface area contributed by atoms with Gasteiger partial charge in [-0.25, -0.2) is 9.37 Å². The molecule has 112 valence electrons. The fourth-order valence-corrected chi connectivity index (χ4v) is 2.46. The average Bonchev–Trinajstić information content (AvgIpc) is 2.50. The van der Waals surface area contributed by atoms with Crippen molar-refractivity contribution in [2.75, 3.05) is 7.11 Å². The lowest BCUT2D eigenvalue weighted by Crippen LogP contribution is -2.21. The third-order valence-electron chi connectivity index (χ3n) is 3.37. The summed E-state index contributed by atoms with van der Waals surface area (Å²) >= 11 is 5.89. The zero-order valence-corrected chi connectivity index (χ0v) is 12.5. The van der Waals surface area contributed by atoms with E-state index in [2.05, 4.69) is 4.98 Å². The van der Waals surface area contributed by atoms with Crippen molar-refractivity contribution in [1.29, 1.82) is 0 Å². The second kappa shape index (κ2) is 5.77. The van der Waals surface area contributed by atoms with Gasteiger partial charge in [-0.1, -0.05) is 11.6 Å². The lowest BCUT2D eigenvalue weighted by atomic mass is 10.2. The van der Waals surface area contributed by atoms with E-state index in [1.165, 1.54) is 36.2 Å². The summed E-state index contributed by atoms with van der Waals surface area (Å²) < 4.78 is 20.0. The summed E-state index contributed by atoms with van der Waals surface area (Å²) in [4.78, 5) is 16.7. The number of nitrogens with zero attached hydrogens (tertiary/aromatic N) is 2. The van der Waals surface area contributed by atoms with E-state index in [4.69, 9.17) is 16.3 Å². The van der Waals surface area contributed by atoms with E-state index in [1.807, 2.05) is 0 Å². The maximum absolute atomic E-state index is 13.4. The highest BCUT2D eigenvalue weighted by atomic mass is 35.5. The smallest absolute Gasteiger partial charge is 0.261 e. The minimum Gasteiger partial charge on any atom is -0.496 e. The van der Waals surface area contributed by atoms with Crippen molar-refractivity contribution in [3.63, 3.8) is 0 Å². The molecule has 0 fully saturated rings. The quantitative estimate of drug-likeness (QED) is 0.744. The molecule has 0 aliphatic carbocycles. The number of rotatable bonds is 3. The van der Waals surface area contributed by atoms with Gasteiger partial charge >= 0.3 is 0 Å². The summed E-state index contributed by atoms with van der Waals surface area (Å²) in [7, 11) is 1.50. The summed E-state index contributed by atoms with van der Waals surface area (Å²) in [5.74, 6) is 0.133. The van der Waals surface area contributed by atoms with Crippen LogP contribution in [0.1, 0.15) is 5.56 Å². The van der Waals surface area contributed by atoms with Crippen molar-refractivity contribution in [2.24, 2.45) is 0 Å². The summed E-state index contributed by atoms with van der Waals surface area (Å²) in [5, 5.41) is 0.978. The van der Waals surface area contributed by atoms with Crippen LogP contribution in [0.3, 0.4) is 0 Å². The predicted octanol–water partition coefficient (Wildman–Crippen LogP) is 3.25. The van der Waals surface area contributed by atoms with Gasteiger partial charge in [-0.3, -0.25) is 9.36 Å². The van der Waals surface area contributed by atoms with E-state index in [0.29, 0.717) is 27.2 Å². The van der Waals surface area contributed by atoms with Gasteiger partial charge in [-0.2, -0.15) is 0 Å². The highest BCUT2D eigenvalue weighted by Crippen LogP contribution is 2.20. The Morgan fingerprint density at radius 3 is 2.86 bits per heavy atom. The van der Waals surface area contributed by atoms with Gasteiger partial charge in [-0.05, 0) is 36.4 Å². The molecule has 0 aliphatic rings. The summed E-state index contributed by atoms with van der Waals surface area (Å²) in [5.41, 5.74) is 0.882. The van der Waals surface area contributed by atoms with Crippen LogP contribution in [0.25, 0.3) is 10.9 Å². The zero-order chi connectivity index (χ0) is 15.7. The molecule has 4 nitrogen and oxygen atoms in total. The zero-order valence-electron chi connectivity index (χ0n) is 11.7. The first kappa shape index (κ1) is 14.5. The normalized spacial score (nSPS) is 10.9. The number of benzene rings is 2. The fourth-order valence-electron chi connectivity index (χ4n) is 2.30. The molecule has 0 radical (unpaired) electrons. The molecule has 0 unspecified atom stereocenters. The van der Waals surface area contributed by atoms with Crippen molar-refractivity contribution in [1.82, 2.24) is 9.55 Å². The summed E-state index contributed by atoms with van der Waals surface area (Å²) in [6.07, 6.45) is 1.42. The summed E-state index contributed by atoms with van der Waals surface area (Å²) in [6.45, 7) is 0.172. The van der Waals surface area contributed by atoms with Crippen LogP contribution in [0, 0.1) is 5.82 Å². The molecule has 0 aliphatic heterocycles. The summed E-state index contributed by atoms with van der Waals surface area (Å²) in [6, 6.07) is 9.09. The first-order valence-corrected chi connectivity index (χ1v) is 6.93. The molecular weight excluding hydrogens is 307 g/mol. The van der Waals surface area contributed by atoms with Crippen LogP contribution in [0.2, 0.25) is 5.02 Å². The van der Waals surface area contributed by atoms with Gasteiger partial charge in [0.15, 0.2) is 0 Å². The van der Waals surface area contributed by atoms with Gasteiger partial charge in [0, 0.05) is 10.6 Å². The van der Waals surface area contributed by atoms with Crippen LogP contribution in [0.15, 0.2) is 47.5 Å². The number of hydrogen-bond donors (Lipinski definition) is 0. The van der Waals surface area contributed by atoms with Crippen LogP contribution in [0.4, 0.5) is 4.39 Å². The van der Waals surface area contributed by atoms with Gasteiger partial charge in [-0.15, -0.1) is 0 Å². The lowest BCUT2D eigenvalue weighted by Gasteiger charge is -2.11. The van der Waals surface area contributed by atoms with Crippen LogP contribution in [0.5, 0.6) is 5.75 Å². The molecule has 1 aromatic heterocycles. The van der Waals surface area contributed by atoms with Gasteiger partial charge < -0.3 is 4.74 Å². The largest absolute Gasteiger partial charge is 0.496 e. The van der Waals surface area contributed by atoms with E-state index in [0.717, 1.165) is 0 Å². The molecule has 0 bridgehead atoms. The topological polar surface area (TPSA) is 44.1 Å². The van der Waals surface area contributed by atoms with E-state index in [-0.39, 0.29) is 17.9 Å². The highest BCUT2D eigenvalue weighted by molar-refractivity contribution is 6.31. The van der Waals surface area contributed by atoms with Crippen LogP contribution in [-0.4, -0.2) is 16.7 Å². The van der Waals surface area contributed by atoms with Gasteiger partial charge in [0.25, 0.3) is 5.56 Å². The number of methoxy groups -OCH3 is 1. The second-order valence-corrected chi connectivity index (χ2v) is 5.23. The maximum atomic E-state index is 13.4. The third-order valence-corrected chi connectivity index (χ3v) is 3.61. The Balaban J connectivity index is 2.08. The van der Waals surface area contributed by atoms with Gasteiger partial charge in [0.1, 0.15) is 11.6 Å². The Morgan fingerprint density at radius 1 is 1.27 bits per heavy atom. The third kappa shape index (κ3) is 2.67. The Labute approximate surface area is 130 Å². The van der Waals surface area contributed by atoms with Crippen LogP contribution in [-0.2, 0) is 6.54 Å². The maximum Gasteiger partial charge on any atom is 0.261 e. The number of aromatic nitrogens is 2. The van der Waals surface area contributed by atoms with Crippen molar-refractivity contribution in [2.45, 2.75) is 6.54 Å². The van der Waals surface area contributed by atoms with Crippen molar-refractivity contribution < 1.29 is 9.13 Å². The molecular formula is C16H12ClFN2O2. The Morgan fingerprint density at radius 2 is 2.09 bits per heavy atom. The molecule has 0 amide bonds. The molecule has 3 aromatic rings. The predicted molar refractivity (Wildman–Crippen MR) is 83.1 cm³/mol. The van der Waals surface area contributed by atoms with Crippen molar-refractivity contribution >= 4 is 22.5 Å². The molecule has 2 aromatic carbocycles. The Bertz CT molecular complexity index is 908. The molecule has 1 heterocycles. The fraction of sp³-hybridized carbons (Fsp3) is 0.125. The molecule has 22 heavy (non-hydrogen) atoms. The lowest BCUT2D eigenvalue weighted by molar-refractivity contribution is 0.406. The van der Waals surface area contributed by atoms with Gasteiger partial charge in [0.2, 0.25) is 0 Å². The molecule has 0 N–H and O–H groups in total. The molecule has 3 rings (SSSR count). The van der Waals surface area contributed by atoms with Crippen LogP contribution >= 0.6 is 11.6 Å². The van der Waals surface area contributed by atoms with Crippen molar-refractivity contribution in [3.8, 4) is 5.75 Å². The Hall–Kier alpha value is -2.40. The average molecular weight is 319 g/mol.